The van der Waals surface area contributed by atoms with Gasteiger partial charge in [-0.25, -0.2) is 4.39 Å². The Labute approximate surface area is 59.7 Å². The zero-order chi connectivity index (χ0) is 7.03. The first-order valence-corrected chi connectivity index (χ1v) is 3.78. The van der Waals surface area contributed by atoms with Crippen molar-refractivity contribution < 1.29 is 9.13 Å². The summed E-state index contributed by atoms with van der Waals surface area (Å²) in [5, 5.41) is 3.25. The first kappa shape index (κ1) is 6.55. The molecule has 58 valence electrons. The molecule has 1 N–H and O–H groups in total. The van der Waals surface area contributed by atoms with Crippen LogP contribution in [0.4, 0.5) is 4.39 Å². The summed E-state index contributed by atoms with van der Waals surface area (Å²) in [6.07, 6.45) is 1.91. The Hall–Kier alpha value is -0.150. The van der Waals surface area contributed by atoms with Gasteiger partial charge in [0, 0.05) is 19.2 Å². The lowest BCUT2D eigenvalue weighted by atomic mass is 9.97. The van der Waals surface area contributed by atoms with Crippen molar-refractivity contribution in [2.45, 2.75) is 24.5 Å². The fraction of sp³-hybridized carbons (Fsp3) is 1.00. The van der Waals surface area contributed by atoms with Crippen LogP contribution in [0, 0.1) is 0 Å². The number of alkyl halides is 1. The van der Waals surface area contributed by atoms with Gasteiger partial charge in [-0.2, -0.15) is 0 Å². The maximum Gasteiger partial charge on any atom is 0.120 e. The highest BCUT2D eigenvalue weighted by molar-refractivity contribution is 4.98. The molecule has 0 aromatic rings. The van der Waals surface area contributed by atoms with Crippen molar-refractivity contribution in [1.29, 1.82) is 0 Å². The Balaban J connectivity index is 2.10. The minimum Gasteiger partial charge on any atom is -0.371 e. The van der Waals surface area contributed by atoms with Crippen LogP contribution in [0.5, 0.6) is 0 Å². The molecule has 0 amide bonds. The SMILES string of the molecule is FCC12CNC(CCO1)C2. The molecule has 3 heteroatoms. The Morgan fingerprint density at radius 2 is 2.60 bits per heavy atom. The summed E-state index contributed by atoms with van der Waals surface area (Å²) < 4.78 is 17.8. The average molecular weight is 145 g/mol. The molecule has 2 heterocycles. The molecule has 2 aliphatic rings. The predicted molar refractivity (Wildman–Crippen MR) is 35.7 cm³/mol. The molecule has 0 saturated carbocycles. The molecule has 0 aliphatic carbocycles. The van der Waals surface area contributed by atoms with Gasteiger partial charge in [0.05, 0.1) is 0 Å². The van der Waals surface area contributed by atoms with Gasteiger partial charge in [-0.15, -0.1) is 0 Å². The van der Waals surface area contributed by atoms with Gasteiger partial charge in [0.25, 0.3) is 0 Å². The number of nitrogens with one attached hydrogen (secondary N) is 1. The summed E-state index contributed by atoms with van der Waals surface area (Å²) in [7, 11) is 0. The molecular formula is C7H12FNO. The predicted octanol–water partition coefficient (Wildman–Crippen LogP) is 0.477. The third kappa shape index (κ3) is 0.847. The summed E-state index contributed by atoms with van der Waals surface area (Å²) in [5.41, 5.74) is -0.442. The molecule has 2 unspecified atom stereocenters. The Bertz CT molecular complexity index is 138. The monoisotopic (exact) mass is 145 g/mol. The van der Waals surface area contributed by atoms with Crippen molar-refractivity contribution in [3.63, 3.8) is 0 Å². The molecule has 0 spiro atoms. The van der Waals surface area contributed by atoms with Gasteiger partial charge in [-0.3, -0.25) is 0 Å². The molecule has 2 rings (SSSR count). The largest absolute Gasteiger partial charge is 0.371 e. The minimum absolute atomic E-state index is 0.337. The van der Waals surface area contributed by atoms with E-state index in [1.165, 1.54) is 0 Å². The van der Waals surface area contributed by atoms with Crippen LogP contribution in [-0.4, -0.2) is 31.5 Å². The summed E-state index contributed by atoms with van der Waals surface area (Å²) in [6, 6.07) is 0.518. The summed E-state index contributed by atoms with van der Waals surface area (Å²) in [5.74, 6) is 0. The molecule has 0 aromatic carbocycles. The Kier molecular flexibility index (Phi) is 1.42. The molecule has 2 aliphatic heterocycles. The van der Waals surface area contributed by atoms with Crippen molar-refractivity contribution in [3.8, 4) is 0 Å². The van der Waals surface area contributed by atoms with Gasteiger partial charge in [0.1, 0.15) is 12.3 Å². The topological polar surface area (TPSA) is 21.3 Å². The van der Waals surface area contributed by atoms with Crippen LogP contribution < -0.4 is 5.32 Å². The first-order valence-electron chi connectivity index (χ1n) is 3.78. The second-order valence-corrected chi connectivity index (χ2v) is 3.24. The van der Waals surface area contributed by atoms with Crippen LogP contribution in [0.1, 0.15) is 12.8 Å². The molecule has 0 radical (unpaired) electrons. The standard InChI is InChI=1S/C7H12FNO/c8-4-7-3-6(9-5-7)1-2-10-7/h6,9H,1-5H2. The second kappa shape index (κ2) is 2.17. The zero-order valence-electron chi connectivity index (χ0n) is 5.90. The number of rotatable bonds is 1. The molecule has 0 aromatic heterocycles. The maximum atomic E-state index is 12.4. The van der Waals surface area contributed by atoms with Gasteiger partial charge in [-0.1, -0.05) is 0 Å². The minimum atomic E-state index is -0.442. The number of hydrogen-bond acceptors (Lipinski definition) is 2. The number of hydrogen-bond donors (Lipinski definition) is 1. The van der Waals surface area contributed by atoms with E-state index in [1.54, 1.807) is 0 Å². The van der Waals surface area contributed by atoms with Crippen LogP contribution in [0.15, 0.2) is 0 Å². The van der Waals surface area contributed by atoms with Crippen molar-refractivity contribution in [2.24, 2.45) is 0 Å². The molecule has 2 bridgehead atoms. The first-order chi connectivity index (χ1) is 4.85. The molecular weight excluding hydrogens is 133 g/mol. The highest BCUT2D eigenvalue weighted by atomic mass is 19.1. The van der Waals surface area contributed by atoms with E-state index < -0.39 is 5.60 Å². The van der Waals surface area contributed by atoms with Crippen LogP contribution >= 0.6 is 0 Å². The lowest BCUT2D eigenvalue weighted by molar-refractivity contribution is -0.0649. The average Bonchev–Trinajstić information content (AvgIpc) is 2.29. The van der Waals surface area contributed by atoms with E-state index in [2.05, 4.69) is 5.32 Å². The second-order valence-electron chi connectivity index (χ2n) is 3.24. The zero-order valence-corrected chi connectivity index (χ0v) is 5.90. The van der Waals surface area contributed by atoms with Gasteiger partial charge < -0.3 is 10.1 Å². The van der Waals surface area contributed by atoms with Crippen molar-refractivity contribution >= 4 is 0 Å². The van der Waals surface area contributed by atoms with Crippen molar-refractivity contribution in [1.82, 2.24) is 5.32 Å². The van der Waals surface area contributed by atoms with Gasteiger partial charge >= 0.3 is 0 Å². The molecule has 2 fully saturated rings. The van der Waals surface area contributed by atoms with Crippen LogP contribution in [0.3, 0.4) is 0 Å². The van der Waals surface area contributed by atoms with Crippen molar-refractivity contribution in [2.75, 3.05) is 19.8 Å². The number of ether oxygens (including phenoxy) is 1. The highest BCUT2D eigenvalue weighted by Gasteiger charge is 2.43. The molecule has 2 atom stereocenters. The van der Waals surface area contributed by atoms with E-state index in [0.717, 1.165) is 19.4 Å². The lowest BCUT2D eigenvalue weighted by Crippen LogP contribution is -2.39. The van der Waals surface area contributed by atoms with Crippen LogP contribution in [0.25, 0.3) is 0 Å². The van der Waals surface area contributed by atoms with E-state index in [1.807, 2.05) is 0 Å². The van der Waals surface area contributed by atoms with Gasteiger partial charge in [-0.05, 0) is 12.8 Å². The molecule has 10 heavy (non-hydrogen) atoms. The number of fused-ring (bicyclic) bond motifs is 2. The lowest BCUT2D eigenvalue weighted by Gasteiger charge is -2.29. The summed E-state index contributed by atoms with van der Waals surface area (Å²) in [6.45, 7) is 1.09. The molecule has 2 nitrogen and oxygen atoms in total. The molecule has 2 saturated heterocycles. The Morgan fingerprint density at radius 3 is 3.30 bits per heavy atom. The quantitative estimate of drug-likeness (QED) is 0.579. The van der Waals surface area contributed by atoms with Gasteiger partial charge in [0.15, 0.2) is 0 Å². The van der Waals surface area contributed by atoms with Crippen LogP contribution in [-0.2, 0) is 4.74 Å². The van der Waals surface area contributed by atoms with E-state index in [-0.39, 0.29) is 6.67 Å². The van der Waals surface area contributed by atoms with E-state index in [9.17, 15) is 4.39 Å². The van der Waals surface area contributed by atoms with Gasteiger partial charge in [0.2, 0.25) is 0 Å². The Morgan fingerprint density at radius 1 is 1.70 bits per heavy atom. The highest BCUT2D eigenvalue weighted by Crippen LogP contribution is 2.30. The third-order valence-corrected chi connectivity index (χ3v) is 2.45. The number of halogens is 1. The van der Waals surface area contributed by atoms with E-state index >= 15 is 0 Å². The van der Waals surface area contributed by atoms with E-state index in [4.69, 9.17) is 4.74 Å². The van der Waals surface area contributed by atoms with E-state index in [0.29, 0.717) is 12.6 Å². The fourth-order valence-corrected chi connectivity index (χ4v) is 1.80. The normalized spacial score (nSPS) is 45.9. The maximum absolute atomic E-state index is 12.4. The third-order valence-electron chi connectivity index (χ3n) is 2.45. The fourth-order valence-electron chi connectivity index (χ4n) is 1.80. The summed E-state index contributed by atoms with van der Waals surface area (Å²) >= 11 is 0. The van der Waals surface area contributed by atoms with Crippen molar-refractivity contribution in [3.05, 3.63) is 0 Å². The van der Waals surface area contributed by atoms with Crippen LogP contribution in [0.2, 0.25) is 0 Å². The smallest absolute Gasteiger partial charge is 0.120 e. The summed E-state index contributed by atoms with van der Waals surface area (Å²) in [4.78, 5) is 0.